The van der Waals surface area contributed by atoms with Crippen LogP contribution < -0.4 is 0 Å². The summed E-state index contributed by atoms with van der Waals surface area (Å²) in [5.74, 6) is -0.924. The van der Waals surface area contributed by atoms with E-state index in [1.807, 2.05) is 6.07 Å². The summed E-state index contributed by atoms with van der Waals surface area (Å²) in [6.07, 6.45) is -3.90. The monoisotopic (exact) mass is 459 g/mol. The van der Waals surface area contributed by atoms with Crippen molar-refractivity contribution in [3.05, 3.63) is 68.7 Å². The zero-order valence-electron chi connectivity index (χ0n) is 16.1. The molecule has 0 aromatic heterocycles. The number of alkyl halides is 3. The summed E-state index contributed by atoms with van der Waals surface area (Å²) in [5.41, 5.74) is -0.396. The number of oxime groups is 1. The molecule has 0 saturated carbocycles. The number of fused-ring (bicyclic) bond motifs is 1. The van der Waals surface area contributed by atoms with Gasteiger partial charge in [0.15, 0.2) is 5.79 Å². The lowest BCUT2D eigenvalue weighted by atomic mass is 9.86. The number of benzene rings is 2. The Balaban J connectivity index is 1.74. The molecular formula is C21H18Cl2F3NO3. The van der Waals surface area contributed by atoms with Gasteiger partial charge in [0.25, 0.3) is 5.60 Å². The van der Waals surface area contributed by atoms with Gasteiger partial charge in [0.2, 0.25) is 0 Å². The van der Waals surface area contributed by atoms with Crippen molar-refractivity contribution in [1.82, 2.24) is 0 Å². The molecule has 0 fully saturated rings. The zero-order valence-corrected chi connectivity index (χ0v) is 17.7. The summed E-state index contributed by atoms with van der Waals surface area (Å²) >= 11 is 11.9. The highest BCUT2D eigenvalue weighted by atomic mass is 35.5. The van der Waals surface area contributed by atoms with Gasteiger partial charge in [-0.2, -0.15) is 13.2 Å². The third-order valence-corrected chi connectivity index (χ3v) is 6.19. The topological polar surface area (TPSA) is 40.0 Å². The van der Waals surface area contributed by atoms with Gasteiger partial charge >= 0.3 is 6.18 Å². The first kappa shape index (κ1) is 21.4. The second-order valence-electron chi connectivity index (χ2n) is 7.32. The molecule has 1 aliphatic heterocycles. The van der Waals surface area contributed by atoms with Gasteiger partial charge in [-0.1, -0.05) is 40.5 Å². The predicted octanol–water partition coefficient (Wildman–Crippen LogP) is 5.97. The molecule has 0 bridgehead atoms. The Kier molecular flexibility index (Phi) is 5.29. The largest absolute Gasteiger partial charge is 0.435 e. The molecular weight excluding hydrogens is 442 g/mol. The number of aryl methyl sites for hydroxylation is 1. The highest BCUT2D eigenvalue weighted by Gasteiger charge is 2.62. The number of hydrogen-bond acceptors (Lipinski definition) is 4. The Morgan fingerprint density at radius 1 is 1.03 bits per heavy atom. The minimum absolute atomic E-state index is 0.0840. The van der Waals surface area contributed by atoms with Crippen molar-refractivity contribution in [3.8, 4) is 0 Å². The average molecular weight is 460 g/mol. The number of methoxy groups -OCH3 is 2. The molecule has 4 nitrogen and oxygen atoms in total. The fourth-order valence-electron chi connectivity index (χ4n) is 4.12. The standard InChI is InChI=1S/C21H18Cl2F3NO3/c1-28-20(29-2)6-5-12-3-4-13(7-17(12)20)18-11-19(30-27-18,21(24,25)26)14-8-15(22)10-16(23)9-14/h3-4,7-10H,5-6,11H2,1-2H3. The average Bonchev–Trinajstić information content (AvgIpc) is 3.30. The van der Waals surface area contributed by atoms with Crippen LogP contribution in [0.25, 0.3) is 0 Å². The first-order valence-electron chi connectivity index (χ1n) is 9.16. The van der Waals surface area contributed by atoms with E-state index in [0.717, 1.165) is 17.5 Å². The highest BCUT2D eigenvalue weighted by Crippen LogP contribution is 2.50. The van der Waals surface area contributed by atoms with Crippen LogP contribution in [0, 0.1) is 0 Å². The van der Waals surface area contributed by atoms with E-state index in [0.29, 0.717) is 12.0 Å². The van der Waals surface area contributed by atoms with Crippen LogP contribution >= 0.6 is 23.2 Å². The summed E-state index contributed by atoms with van der Waals surface area (Å²) in [4.78, 5) is 5.08. The van der Waals surface area contributed by atoms with Gasteiger partial charge in [-0.05, 0) is 41.8 Å². The van der Waals surface area contributed by atoms with Gasteiger partial charge in [0.05, 0.1) is 5.71 Å². The number of nitrogens with zero attached hydrogens (tertiary/aromatic N) is 1. The molecule has 2 aromatic carbocycles. The number of halogens is 5. The first-order valence-corrected chi connectivity index (χ1v) is 9.92. The number of rotatable bonds is 4. The Morgan fingerprint density at radius 3 is 2.30 bits per heavy atom. The Bertz CT molecular complexity index is 1000. The van der Waals surface area contributed by atoms with Gasteiger partial charge in [0.1, 0.15) is 0 Å². The fourth-order valence-corrected chi connectivity index (χ4v) is 4.64. The van der Waals surface area contributed by atoms with Crippen molar-refractivity contribution in [2.45, 2.75) is 36.8 Å². The van der Waals surface area contributed by atoms with E-state index in [2.05, 4.69) is 5.16 Å². The van der Waals surface area contributed by atoms with Crippen molar-refractivity contribution in [1.29, 1.82) is 0 Å². The molecule has 0 N–H and O–H groups in total. The van der Waals surface area contributed by atoms with Crippen molar-refractivity contribution >= 4 is 28.9 Å². The van der Waals surface area contributed by atoms with Gasteiger partial charge in [0, 0.05) is 48.2 Å². The number of hydrogen-bond donors (Lipinski definition) is 0. The third kappa shape index (κ3) is 3.28. The molecule has 4 rings (SSSR count). The van der Waals surface area contributed by atoms with Crippen LogP contribution in [-0.4, -0.2) is 26.1 Å². The zero-order chi connectivity index (χ0) is 21.7. The Labute approximate surface area is 181 Å². The molecule has 9 heteroatoms. The van der Waals surface area contributed by atoms with E-state index in [9.17, 15) is 13.2 Å². The van der Waals surface area contributed by atoms with Crippen molar-refractivity contribution in [2.75, 3.05) is 14.2 Å². The highest BCUT2D eigenvalue weighted by molar-refractivity contribution is 6.34. The van der Waals surface area contributed by atoms with E-state index >= 15 is 0 Å². The van der Waals surface area contributed by atoms with Crippen LogP contribution in [-0.2, 0) is 32.1 Å². The fraction of sp³-hybridized carbons (Fsp3) is 0.381. The van der Waals surface area contributed by atoms with Crippen molar-refractivity contribution in [2.24, 2.45) is 5.16 Å². The molecule has 1 aliphatic carbocycles. The molecule has 0 radical (unpaired) electrons. The SMILES string of the molecule is COC1(OC)CCc2ccc(C3=NOC(c4cc(Cl)cc(Cl)c4)(C(F)(F)F)C3)cc21. The van der Waals surface area contributed by atoms with Gasteiger partial charge in [-0.15, -0.1) is 0 Å². The van der Waals surface area contributed by atoms with Crippen LogP contribution in [0.15, 0.2) is 41.6 Å². The third-order valence-electron chi connectivity index (χ3n) is 5.75. The van der Waals surface area contributed by atoms with Crippen LogP contribution in [0.4, 0.5) is 13.2 Å². The predicted molar refractivity (Wildman–Crippen MR) is 107 cm³/mol. The summed E-state index contributed by atoms with van der Waals surface area (Å²) in [7, 11) is 3.08. The molecule has 0 spiro atoms. The molecule has 2 aromatic rings. The summed E-state index contributed by atoms with van der Waals surface area (Å²) < 4.78 is 53.7. The van der Waals surface area contributed by atoms with Gasteiger partial charge in [-0.3, -0.25) is 0 Å². The minimum atomic E-state index is -4.74. The molecule has 0 amide bonds. The maximum Gasteiger partial charge on any atom is 0.435 e. The normalized spacial score (nSPS) is 22.6. The molecule has 0 saturated heterocycles. The second kappa shape index (κ2) is 7.41. The molecule has 2 aliphatic rings. The van der Waals surface area contributed by atoms with E-state index in [1.165, 1.54) is 18.2 Å². The van der Waals surface area contributed by atoms with Crippen LogP contribution in [0.1, 0.15) is 35.1 Å². The maximum atomic E-state index is 14.2. The molecule has 160 valence electrons. The summed E-state index contributed by atoms with van der Waals surface area (Å²) in [5, 5.41) is 3.98. The molecule has 1 unspecified atom stereocenters. The molecule has 1 atom stereocenters. The lowest BCUT2D eigenvalue weighted by Gasteiger charge is -2.30. The van der Waals surface area contributed by atoms with E-state index in [-0.39, 0.29) is 21.3 Å². The van der Waals surface area contributed by atoms with Gasteiger partial charge < -0.3 is 14.3 Å². The lowest BCUT2D eigenvalue weighted by Crippen LogP contribution is -2.42. The molecule has 30 heavy (non-hydrogen) atoms. The number of ether oxygens (including phenoxy) is 2. The van der Waals surface area contributed by atoms with Crippen LogP contribution in [0.3, 0.4) is 0 Å². The van der Waals surface area contributed by atoms with Crippen molar-refractivity contribution in [3.63, 3.8) is 0 Å². The Morgan fingerprint density at radius 2 is 1.70 bits per heavy atom. The first-order chi connectivity index (χ1) is 14.1. The van der Waals surface area contributed by atoms with E-state index < -0.39 is 24.0 Å². The maximum absolute atomic E-state index is 14.2. The summed E-state index contributed by atoms with van der Waals surface area (Å²) in [6, 6.07) is 9.11. The second-order valence-corrected chi connectivity index (χ2v) is 8.19. The Hall–Kier alpha value is -1.80. The summed E-state index contributed by atoms with van der Waals surface area (Å²) in [6.45, 7) is 0. The minimum Gasteiger partial charge on any atom is -0.374 e. The van der Waals surface area contributed by atoms with Crippen LogP contribution in [0.5, 0.6) is 0 Å². The van der Waals surface area contributed by atoms with Crippen molar-refractivity contribution < 1.29 is 27.5 Å². The van der Waals surface area contributed by atoms with Gasteiger partial charge in [-0.25, -0.2) is 0 Å². The van der Waals surface area contributed by atoms with Crippen LogP contribution in [0.2, 0.25) is 10.0 Å². The van der Waals surface area contributed by atoms with E-state index in [1.54, 1.807) is 26.4 Å². The smallest absolute Gasteiger partial charge is 0.374 e. The quantitative estimate of drug-likeness (QED) is 0.528. The molecule has 1 heterocycles. The lowest BCUT2D eigenvalue weighted by molar-refractivity contribution is -0.275. The van der Waals surface area contributed by atoms with E-state index in [4.69, 9.17) is 37.5 Å².